The van der Waals surface area contributed by atoms with Crippen LogP contribution >= 0.6 is 0 Å². The summed E-state index contributed by atoms with van der Waals surface area (Å²) in [6.07, 6.45) is 2.42. The number of nitrogens with zero attached hydrogens (tertiary/aromatic N) is 2. The summed E-state index contributed by atoms with van der Waals surface area (Å²) in [5.41, 5.74) is 1.77. The summed E-state index contributed by atoms with van der Waals surface area (Å²) in [6.45, 7) is 3.84. The van der Waals surface area contributed by atoms with Gasteiger partial charge in [-0.3, -0.25) is 4.98 Å². The summed E-state index contributed by atoms with van der Waals surface area (Å²) in [6, 6.07) is 3.78. The zero-order valence-electron chi connectivity index (χ0n) is 9.89. The molecule has 17 heavy (non-hydrogen) atoms. The fourth-order valence-electron chi connectivity index (χ4n) is 1.93. The molecule has 2 rings (SSSR count). The summed E-state index contributed by atoms with van der Waals surface area (Å²) in [7, 11) is -3.04. The molecule has 0 bridgehead atoms. The predicted molar refractivity (Wildman–Crippen MR) is 67.2 cm³/mol. The standard InChI is InChI=1S/C11H17N3O2S/c1-2-12-10-4-5-13-11(8-10)9-14-6-3-7-17(14,15)16/h4-5,8H,2-3,6-7,9H2,1H3,(H,12,13). The Balaban J connectivity index is 2.11. The average molecular weight is 255 g/mol. The van der Waals surface area contributed by atoms with E-state index in [0.29, 0.717) is 13.1 Å². The van der Waals surface area contributed by atoms with Gasteiger partial charge in [0.15, 0.2) is 0 Å². The van der Waals surface area contributed by atoms with Gasteiger partial charge in [-0.25, -0.2) is 8.42 Å². The lowest BCUT2D eigenvalue weighted by Crippen LogP contribution is -2.25. The second-order valence-corrected chi connectivity index (χ2v) is 6.16. The fraction of sp³-hybridized carbons (Fsp3) is 0.545. The van der Waals surface area contributed by atoms with Crippen LogP contribution in [0.5, 0.6) is 0 Å². The molecule has 1 aromatic rings. The highest BCUT2D eigenvalue weighted by atomic mass is 32.2. The third-order valence-electron chi connectivity index (χ3n) is 2.74. The smallest absolute Gasteiger partial charge is 0.214 e. The lowest BCUT2D eigenvalue weighted by molar-refractivity contribution is 0.435. The first-order chi connectivity index (χ1) is 8.12. The molecule has 1 saturated heterocycles. The van der Waals surface area contributed by atoms with Crippen molar-refractivity contribution in [3.8, 4) is 0 Å². The molecule has 0 amide bonds. The molecule has 0 radical (unpaired) electrons. The summed E-state index contributed by atoms with van der Waals surface area (Å²) >= 11 is 0. The predicted octanol–water partition coefficient (Wildman–Crippen LogP) is 1.05. The molecule has 0 saturated carbocycles. The Morgan fingerprint density at radius 1 is 1.53 bits per heavy atom. The summed E-state index contributed by atoms with van der Waals surface area (Å²) < 4.78 is 24.8. The van der Waals surface area contributed by atoms with Crippen LogP contribution in [0.25, 0.3) is 0 Å². The zero-order valence-corrected chi connectivity index (χ0v) is 10.7. The van der Waals surface area contributed by atoms with E-state index < -0.39 is 10.0 Å². The third kappa shape index (κ3) is 2.95. The molecule has 1 aliphatic rings. The molecular weight excluding hydrogens is 238 g/mol. The maximum atomic E-state index is 11.7. The first-order valence-electron chi connectivity index (χ1n) is 5.78. The molecule has 0 unspecified atom stereocenters. The minimum Gasteiger partial charge on any atom is -0.385 e. The van der Waals surface area contributed by atoms with E-state index in [-0.39, 0.29) is 5.75 Å². The van der Waals surface area contributed by atoms with Gasteiger partial charge in [-0.1, -0.05) is 0 Å². The van der Waals surface area contributed by atoms with Crippen molar-refractivity contribution < 1.29 is 8.42 Å². The molecule has 94 valence electrons. The molecule has 1 aliphatic heterocycles. The Hall–Kier alpha value is -1.14. The van der Waals surface area contributed by atoms with Gasteiger partial charge >= 0.3 is 0 Å². The van der Waals surface area contributed by atoms with E-state index in [2.05, 4.69) is 10.3 Å². The number of aromatic nitrogens is 1. The van der Waals surface area contributed by atoms with Gasteiger partial charge < -0.3 is 5.32 Å². The van der Waals surface area contributed by atoms with Gasteiger partial charge in [0.1, 0.15) is 0 Å². The second kappa shape index (κ2) is 5.01. The molecule has 2 heterocycles. The molecule has 5 nitrogen and oxygen atoms in total. The van der Waals surface area contributed by atoms with Crippen LogP contribution in [0.3, 0.4) is 0 Å². The van der Waals surface area contributed by atoms with Crippen LogP contribution in [0, 0.1) is 0 Å². The summed E-state index contributed by atoms with van der Waals surface area (Å²) in [4.78, 5) is 4.20. The van der Waals surface area contributed by atoms with Gasteiger partial charge in [0.25, 0.3) is 0 Å². The normalized spacial score (nSPS) is 19.4. The molecular formula is C11H17N3O2S. The minimum absolute atomic E-state index is 0.264. The first kappa shape index (κ1) is 12.3. The molecule has 1 N–H and O–H groups in total. The van der Waals surface area contributed by atoms with Gasteiger partial charge in [-0.2, -0.15) is 4.31 Å². The number of pyridine rings is 1. The number of hydrogen-bond acceptors (Lipinski definition) is 4. The van der Waals surface area contributed by atoms with E-state index >= 15 is 0 Å². The first-order valence-corrected chi connectivity index (χ1v) is 7.39. The van der Waals surface area contributed by atoms with Crippen LogP contribution in [0.2, 0.25) is 0 Å². The quantitative estimate of drug-likeness (QED) is 0.873. The minimum atomic E-state index is -3.04. The van der Waals surface area contributed by atoms with Crippen LogP contribution in [0.1, 0.15) is 19.0 Å². The Kier molecular flexibility index (Phi) is 3.63. The SMILES string of the molecule is CCNc1ccnc(CN2CCCS2(=O)=O)c1. The Bertz CT molecular complexity index is 487. The summed E-state index contributed by atoms with van der Waals surface area (Å²) in [5.74, 6) is 0.264. The van der Waals surface area contributed by atoms with E-state index in [9.17, 15) is 8.42 Å². The van der Waals surface area contributed by atoms with E-state index in [1.54, 1.807) is 6.20 Å². The molecule has 1 fully saturated rings. The largest absolute Gasteiger partial charge is 0.385 e. The Morgan fingerprint density at radius 3 is 3.00 bits per heavy atom. The number of hydrogen-bond donors (Lipinski definition) is 1. The molecule has 0 aliphatic carbocycles. The van der Waals surface area contributed by atoms with Crippen molar-refractivity contribution in [2.45, 2.75) is 19.9 Å². The molecule has 0 aromatic carbocycles. The topological polar surface area (TPSA) is 62.3 Å². The van der Waals surface area contributed by atoms with Gasteiger partial charge in [-0.05, 0) is 25.5 Å². The molecule has 0 atom stereocenters. The van der Waals surface area contributed by atoms with Crippen LogP contribution in [-0.2, 0) is 16.6 Å². The molecule has 1 aromatic heterocycles. The Labute approximate surface area is 102 Å². The van der Waals surface area contributed by atoms with Gasteiger partial charge in [0.05, 0.1) is 18.0 Å². The highest BCUT2D eigenvalue weighted by Gasteiger charge is 2.28. The summed E-state index contributed by atoms with van der Waals surface area (Å²) in [5, 5.41) is 3.19. The van der Waals surface area contributed by atoms with Crippen molar-refractivity contribution >= 4 is 15.7 Å². The van der Waals surface area contributed by atoms with Crippen LogP contribution in [0.4, 0.5) is 5.69 Å². The second-order valence-electron chi connectivity index (χ2n) is 4.07. The van der Waals surface area contributed by atoms with Crippen molar-refractivity contribution in [3.63, 3.8) is 0 Å². The molecule has 0 spiro atoms. The van der Waals surface area contributed by atoms with Crippen LogP contribution in [-0.4, -0.2) is 36.5 Å². The number of rotatable bonds is 4. The van der Waals surface area contributed by atoms with Crippen LogP contribution in [0.15, 0.2) is 18.3 Å². The molecule has 6 heteroatoms. The van der Waals surface area contributed by atoms with Crippen molar-refractivity contribution in [3.05, 3.63) is 24.0 Å². The third-order valence-corrected chi connectivity index (χ3v) is 4.64. The van der Waals surface area contributed by atoms with Gasteiger partial charge in [0, 0.05) is 25.0 Å². The van der Waals surface area contributed by atoms with Crippen molar-refractivity contribution in [1.82, 2.24) is 9.29 Å². The number of anilines is 1. The van der Waals surface area contributed by atoms with Crippen molar-refractivity contribution in [2.24, 2.45) is 0 Å². The van der Waals surface area contributed by atoms with Crippen LogP contribution < -0.4 is 5.32 Å². The van der Waals surface area contributed by atoms with E-state index in [1.807, 2.05) is 19.1 Å². The van der Waals surface area contributed by atoms with Gasteiger partial charge in [-0.15, -0.1) is 0 Å². The lowest BCUT2D eigenvalue weighted by Gasteiger charge is -2.14. The average Bonchev–Trinajstić information content (AvgIpc) is 2.59. The van der Waals surface area contributed by atoms with Crippen molar-refractivity contribution in [2.75, 3.05) is 24.2 Å². The maximum absolute atomic E-state index is 11.7. The number of sulfonamides is 1. The maximum Gasteiger partial charge on any atom is 0.214 e. The van der Waals surface area contributed by atoms with E-state index in [1.165, 1.54) is 4.31 Å². The Morgan fingerprint density at radius 2 is 2.35 bits per heavy atom. The monoisotopic (exact) mass is 255 g/mol. The lowest BCUT2D eigenvalue weighted by atomic mass is 10.3. The zero-order chi connectivity index (χ0) is 12.3. The highest BCUT2D eigenvalue weighted by Crippen LogP contribution is 2.17. The fourth-order valence-corrected chi connectivity index (χ4v) is 3.42. The van der Waals surface area contributed by atoms with Gasteiger partial charge in [0.2, 0.25) is 10.0 Å². The number of nitrogens with one attached hydrogen (secondary N) is 1. The van der Waals surface area contributed by atoms with E-state index in [4.69, 9.17) is 0 Å². The highest BCUT2D eigenvalue weighted by molar-refractivity contribution is 7.89. The van der Waals surface area contributed by atoms with E-state index in [0.717, 1.165) is 24.3 Å². The van der Waals surface area contributed by atoms with Crippen molar-refractivity contribution in [1.29, 1.82) is 0 Å².